The summed E-state index contributed by atoms with van der Waals surface area (Å²) in [5.74, 6) is 1.86. The minimum atomic E-state index is -0.112. The van der Waals surface area contributed by atoms with Gasteiger partial charge in [0.05, 0.1) is 37.2 Å². The smallest absolute Gasteiger partial charge is 0.255 e. The van der Waals surface area contributed by atoms with Gasteiger partial charge in [-0.05, 0) is 18.2 Å². The van der Waals surface area contributed by atoms with E-state index in [-0.39, 0.29) is 5.91 Å². The van der Waals surface area contributed by atoms with E-state index >= 15 is 0 Å². The van der Waals surface area contributed by atoms with E-state index in [4.69, 9.17) is 14.1 Å². The number of imidazole rings is 1. The van der Waals surface area contributed by atoms with Crippen molar-refractivity contribution >= 4 is 23.1 Å². The molecule has 3 aromatic heterocycles. The van der Waals surface area contributed by atoms with Gasteiger partial charge in [-0.3, -0.25) is 14.2 Å². The number of amides is 1. The zero-order valence-electron chi connectivity index (χ0n) is 16.7. The van der Waals surface area contributed by atoms with E-state index in [1.54, 1.807) is 18.5 Å². The van der Waals surface area contributed by atoms with Crippen LogP contribution in [0.1, 0.15) is 16.1 Å². The molecule has 156 valence electrons. The van der Waals surface area contributed by atoms with E-state index < -0.39 is 0 Å². The van der Waals surface area contributed by atoms with Crippen LogP contribution in [-0.2, 0) is 11.3 Å². The third kappa shape index (κ3) is 2.97. The number of rotatable bonds is 4. The molecule has 31 heavy (non-hydrogen) atoms. The molecule has 2 aliphatic rings. The van der Waals surface area contributed by atoms with E-state index in [9.17, 15) is 4.79 Å². The number of carbonyl (C=O) groups excluding carboxylic acids is 1. The van der Waals surface area contributed by atoms with Crippen molar-refractivity contribution in [1.82, 2.24) is 24.7 Å². The number of nitrogens with zero attached hydrogens (tertiary/aromatic N) is 5. The fourth-order valence-corrected chi connectivity index (χ4v) is 4.11. The van der Waals surface area contributed by atoms with E-state index in [1.165, 1.54) is 0 Å². The summed E-state index contributed by atoms with van der Waals surface area (Å²) in [5, 5.41) is 7.09. The molecule has 6 rings (SSSR count). The van der Waals surface area contributed by atoms with Crippen molar-refractivity contribution in [2.75, 3.05) is 31.3 Å². The molecular weight excluding hydrogens is 396 g/mol. The molecule has 0 saturated carbocycles. The molecule has 1 fully saturated rings. The monoisotopic (exact) mass is 416 g/mol. The summed E-state index contributed by atoms with van der Waals surface area (Å²) in [6, 6.07) is 11.9. The summed E-state index contributed by atoms with van der Waals surface area (Å²) in [6.07, 6.45) is 5.40. The molecule has 1 N–H and O–H groups in total. The van der Waals surface area contributed by atoms with Gasteiger partial charge in [0.15, 0.2) is 17.2 Å². The lowest BCUT2D eigenvalue weighted by atomic mass is 10.2. The Morgan fingerprint density at radius 2 is 1.94 bits per heavy atom. The number of furan rings is 1. The van der Waals surface area contributed by atoms with Crippen LogP contribution in [-0.4, -0.2) is 51.6 Å². The number of hydrogen-bond acceptors (Lipinski definition) is 7. The fourth-order valence-electron chi connectivity index (χ4n) is 4.11. The van der Waals surface area contributed by atoms with Gasteiger partial charge in [-0.2, -0.15) is 0 Å². The average Bonchev–Trinajstić information content (AvgIpc) is 3.54. The summed E-state index contributed by atoms with van der Waals surface area (Å²) in [4.78, 5) is 21.4. The number of carbonyl (C=O) groups is 1. The van der Waals surface area contributed by atoms with Crippen LogP contribution in [0.25, 0.3) is 17.1 Å². The fraction of sp³-hybridized carbons (Fsp3) is 0.227. The van der Waals surface area contributed by atoms with Crippen molar-refractivity contribution in [2.24, 2.45) is 0 Å². The van der Waals surface area contributed by atoms with E-state index in [1.807, 2.05) is 28.8 Å². The van der Waals surface area contributed by atoms with Crippen LogP contribution < -0.4 is 10.3 Å². The second kappa shape index (κ2) is 7.22. The van der Waals surface area contributed by atoms with Crippen molar-refractivity contribution in [1.29, 1.82) is 0 Å². The number of hydrazine groups is 1. The number of anilines is 2. The van der Waals surface area contributed by atoms with Gasteiger partial charge in [-0.1, -0.05) is 18.2 Å². The Balaban J connectivity index is 1.48. The number of nitrogens with one attached hydrogen (secondary N) is 1. The molecule has 0 radical (unpaired) electrons. The van der Waals surface area contributed by atoms with Gasteiger partial charge in [0.1, 0.15) is 11.5 Å². The summed E-state index contributed by atoms with van der Waals surface area (Å²) < 4.78 is 13.5. The lowest BCUT2D eigenvalue weighted by molar-refractivity contribution is 0.0376. The number of para-hydroxylation sites is 1. The molecule has 9 nitrogen and oxygen atoms in total. The molecule has 1 amide bonds. The van der Waals surface area contributed by atoms with Crippen molar-refractivity contribution < 1.29 is 13.9 Å². The largest absolute Gasteiger partial charge is 0.457 e. The first-order valence-electron chi connectivity index (χ1n) is 10.2. The number of benzene rings is 1. The van der Waals surface area contributed by atoms with E-state index in [0.29, 0.717) is 42.5 Å². The Morgan fingerprint density at radius 3 is 2.74 bits per heavy atom. The van der Waals surface area contributed by atoms with Crippen LogP contribution in [0, 0.1) is 0 Å². The van der Waals surface area contributed by atoms with Crippen LogP contribution in [0.4, 0.5) is 11.5 Å². The second-order valence-corrected chi connectivity index (χ2v) is 7.43. The van der Waals surface area contributed by atoms with Crippen molar-refractivity contribution in [2.45, 2.75) is 6.54 Å². The highest BCUT2D eigenvalue weighted by molar-refractivity contribution is 5.98. The van der Waals surface area contributed by atoms with Crippen LogP contribution in [0.15, 0.2) is 59.4 Å². The number of fused-ring (bicyclic) bond motifs is 2. The van der Waals surface area contributed by atoms with Crippen LogP contribution in [0.3, 0.4) is 0 Å². The van der Waals surface area contributed by atoms with Crippen LogP contribution >= 0.6 is 0 Å². The predicted octanol–water partition coefficient (Wildman–Crippen LogP) is 2.62. The van der Waals surface area contributed by atoms with E-state index in [2.05, 4.69) is 32.5 Å². The molecule has 1 saturated heterocycles. The van der Waals surface area contributed by atoms with Gasteiger partial charge < -0.3 is 14.5 Å². The summed E-state index contributed by atoms with van der Waals surface area (Å²) in [5.41, 5.74) is 3.03. The van der Waals surface area contributed by atoms with Gasteiger partial charge in [-0.25, -0.2) is 15.0 Å². The molecular formula is C22H20N6O3. The number of ether oxygens (including phenoxy) is 1. The number of morpholine rings is 1. The third-order valence-electron chi connectivity index (χ3n) is 5.60. The molecule has 0 atom stereocenters. The zero-order chi connectivity index (χ0) is 20.8. The average molecular weight is 416 g/mol. The van der Waals surface area contributed by atoms with Gasteiger partial charge in [-0.15, -0.1) is 0 Å². The normalized spacial score (nSPS) is 16.5. The first-order valence-corrected chi connectivity index (χ1v) is 10.2. The molecule has 1 aromatic carbocycles. The minimum Gasteiger partial charge on any atom is -0.457 e. The first-order chi connectivity index (χ1) is 15.3. The summed E-state index contributed by atoms with van der Waals surface area (Å²) in [7, 11) is 0. The van der Waals surface area contributed by atoms with Gasteiger partial charge >= 0.3 is 0 Å². The quantitative estimate of drug-likeness (QED) is 0.547. The summed E-state index contributed by atoms with van der Waals surface area (Å²) >= 11 is 0. The lowest BCUT2D eigenvalue weighted by Gasteiger charge is -2.38. The predicted molar refractivity (Wildman–Crippen MR) is 113 cm³/mol. The Labute approximate surface area is 177 Å². The second-order valence-electron chi connectivity index (χ2n) is 7.43. The van der Waals surface area contributed by atoms with Crippen LogP contribution in [0.5, 0.6) is 0 Å². The highest BCUT2D eigenvalue weighted by atomic mass is 16.5. The van der Waals surface area contributed by atoms with Crippen molar-refractivity contribution in [3.05, 3.63) is 66.3 Å². The molecule has 0 unspecified atom stereocenters. The summed E-state index contributed by atoms with van der Waals surface area (Å²) in [6.45, 7) is 3.24. The molecule has 2 aliphatic heterocycles. The highest BCUT2D eigenvalue weighted by Gasteiger charge is 2.28. The third-order valence-corrected chi connectivity index (χ3v) is 5.60. The Hall–Kier alpha value is -3.69. The van der Waals surface area contributed by atoms with Crippen molar-refractivity contribution in [3.8, 4) is 11.5 Å². The lowest BCUT2D eigenvalue weighted by Crippen LogP contribution is -2.47. The Kier molecular flexibility index (Phi) is 4.22. The molecule has 9 heteroatoms. The molecule has 0 bridgehead atoms. The van der Waals surface area contributed by atoms with E-state index in [0.717, 1.165) is 30.3 Å². The Morgan fingerprint density at radius 1 is 1.10 bits per heavy atom. The maximum Gasteiger partial charge on any atom is 0.255 e. The molecule has 0 aliphatic carbocycles. The Bertz CT molecular complexity index is 1260. The van der Waals surface area contributed by atoms with Crippen LogP contribution in [0.2, 0.25) is 0 Å². The molecule has 0 spiro atoms. The minimum absolute atomic E-state index is 0.112. The molecule has 4 aromatic rings. The maximum absolute atomic E-state index is 12.0. The SMILES string of the molecule is O=C1NCc2oc(-c3cnc(N(c4ccccc4)N4CCOCC4)c4nccn34)cc21. The number of aromatic nitrogens is 3. The maximum atomic E-state index is 12.0. The standard InChI is InChI=1S/C22H20N6O3/c29-22-16-12-18(31-19(16)14-25-22)17-13-24-21(20-23-6-7-27(17)20)28(15-4-2-1-3-5-15)26-8-10-30-11-9-26/h1-7,12-13H,8-11,14H2,(H,25,29). The van der Waals surface area contributed by atoms with Gasteiger partial charge in [0.25, 0.3) is 5.91 Å². The van der Waals surface area contributed by atoms with Crippen molar-refractivity contribution in [3.63, 3.8) is 0 Å². The molecule has 5 heterocycles. The number of hydrogen-bond donors (Lipinski definition) is 1. The first kappa shape index (κ1) is 18.1. The zero-order valence-corrected chi connectivity index (χ0v) is 16.7. The topological polar surface area (TPSA) is 88.1 Å². The highest BCUT2D eigenvalue weighted by Crippen LogP contribution is 2.33. The van der Waals surface area contributed by atoms with Gasteiger partial charge in [0, 0.05) is 25.5 Å². The van der Waals surface area contributed by atoms with Gasteiger partial charge in [0.2, 0.25) is 0 Å².